The Morgan fingerprint density at radius 1 is 1.29 bits per heavy atom. The maximum atomic E-state index is 5.03. The van der Waals surface area contributed by atoms with E-state index in [0.717, 1.165) is 13.0 Å². The second kappa shape index (κ2) is 5.66. The van der Waals surface area contributed by atoms with Crippen molar-refractivity contribution in [2.45, 2.75) is 26.3 Å². The number of aryl methyl sites for hydroxylation is 1. The summed E-state index contributed by atoms with van der Waals surface area (Å²) in [7, 11) is 1.73. The van der Waals surface area contributed by atoms with Gasteiger partial charge in [-0.05, 0) is 32.4 Å². The molecule has 0 aliphatic carbocycles. The summed E-state index contributed by atoms with van der Waals surface area (Å²) in [6, 6.07) is 8.91. The lowest BCUT2D eigenvalue weighted by Gasteiger charge is -2.14. The molecule has 0 aromatic heterocycles. The number of methoxy groups -OCH3 is 1. The molecule has 0 fully saturated rings. The van der Waals surface area contributed by atoms with Gasteiger partial charge in [0, 0.05) is 25.4 Å². The zero-order valence-electron chi connectivity index (χ0n) is 9.21. The summed E-state index contributed by atoms with van der Waals surface area (Å²) in [4.78, 5) is 0. The summed E-state index contributed by atoms with van der Waals surface area (Å²) in [5, 5.41) is 3.42. The molecule has 0 aliphatic rings. The van der Waals surface area contributed by atoms with Crippen LogP contribution in [0.1, 0.15) is 18.9 Å². The average Bonchev–Trinajstić information content (AvgIpc) is 2.18. The molecule has 0 saturated heterocycles. The summed E-state index contributed by atoms with van der Waals surface area (Å²) in [5.74, 6) is 0. The Morgan fingerprint density at radius 2 is 1.93 bits per heavy atom. The first kappa shape index (κ1) is 11.1. The van der Waals surface area contributed by atoms with Crippen LogP contribution >= 0.6 is 0 Å². The molecule has 1 N–H and O–H groups in total. The predicted octanol–water partition coefficient (Wildman–Crippen LogP) is 2.83. The number of anilines is 1. The maximum Gasteiger partial charge on any atom is 0.0481 e. The lowest BCUT2D eigenvalue weighted by atomic mass is 10.2. The number of ether oxygens (including phenoxy) is 1. The van der Waals surface area contributed by atoms with Crippen LogP contribution in [0.3, 0.4) is 0 Å². The number of hydrogen-bond acceptors (Lipinski definition) is 2. The van der Waals surface area contributed by atoms with Crippen molar-refractivity contribution in [3.63, 3.8) is 0 Å². The van der Waals surface area contributed by atoms with Gasteiger partial charge < -0.3 is 10.1 Å². The second-order valence-corrected chi connectivity index (χ2v) is 3.69. The molecule has 0 spiro atoms. The highest BCUT2D eigenvalue weighted by Crippen LogP contribution is 2.10. The van der Waals surface area contributed by atoms with Gasteiger partial charge in [-0.1, -0.05) is 17.7 Å². The first-order valence-electron chi connectivity index (χ1n) is 5.04. The van der Waals surface area contributed by atoms with Crippen LogP contribution < -0.4 is 5.32 Å². The largest absolute Gasteiger partial charge is 0.385 e. The van der Waals surface area contributed by atoms with E-state index in [2.05, 4.69) is 43.4 Å². The molecule has 1 aromatic rings. The second-order valence-electron chi connectivity index (χ2n) is 3.69. The van der Waals surface area contributed by atoms with Crippen molar-refractivity contribution in [2.24, 2.45) is 0 Å². The Bertz CT molecular complexity index is 256. The number of nitrogens with one attached hydrogen (secondary N) is 1. The van der Waals surface area contributed by atoms with Gasteiger partial charge in [0.2, 0.25) is 0 Å². The number of rotatable bonds is 5. The molecule has 0 radical (unpaired) electrons. The molecule has 1 atom stereocenters. The summed E-state index contributed by atoms with van der Waals surface area (Å²) >= 11 is 0. The van der Waals surface area contributed by atoms with Crippen molar-refractivity contribution in [1.29, 1.82) is 0 Å². The Hall–Kier alpha value is -1.02. The molecular weight excluding hydrogens is 174 g/mol. The van der Waals surface area contributed by atoms with E-state index < -0.39 is 0 Å². The van der Waals surface area contributed by atoms with E-state index in [1.165, 1.54) is 11.3 Å². The molecule has 1 rings (SSSR count). The van der Waals surface area contributed by atoms with Crippen molar-refractivity contribution >= 4 is 5.69 Å². The van der Waals surface area contributed by atoms with Gasteiger partial charge in [0.05, 0.1) is 0 Å². The van der Waals surface area contributed by atoms with Gasteiger partial charge in [0.15, 0.2) is 0 Å². The fourth-order valence-corrected chi connectivity index (χ4v) is 1.30. The highest BCUT2D eigenvalue weighted by Gasteiger charge is 2.00. The van der Waals surface area contributed by atoms with E-state index >= 15 is 0 Å². The van der Waals surface area contributed by atoms with Crippen molar-refractivity contribution in [3.05, 3.63) is 29.8 Å². The van der Waals surface area contributed by atoms with E-state index in [1.54, 1.807) is 7.11 Å². The van der Waals surface area contributed by atoms with E-state index in [-0.39, 0.29) is 0 Å². The Morgan fingerprint density at radius 3 is 2.50 bits per heavy atom. The smallest absolute Gasteiger partial charge is 0.0481 e. The molecular formula is C12H19NO. The van der Waals surface area contributed by atoms with Crippen molar-refractivity contribution in [3.8, 4) is 0 Å². The third-order valence-corrected chi connectivity index (χ3v) is 2.22. The standard InChI is InChI=1S/C12H19NO/c1-10-4-6-12(7-5-10)13-11(2)8-9-14-3/h4-7,11,13H,8-9H2,1-3H3. The first-order valence-corrected chi connectivity index (χ1v) is 5.04. The summed E-state index contributed by atoms with van der Waals surface area (Å²) in [6.07, 6.45) is 1.03. The lowest BCUT2D eigenvalue weighted by Crippen LogP contribution is -2.16. The molecule has 14 heavy (non-hydrogen) atoms. The number of hydrogen-bond donors (Lipinski definition) is 1. The van der Waals surface area contributed by atoms with Gasteiger partial charge in [-0.15, -0.1) is 0 Å². The fraction of sp³-hybridized carbons (Fsp3) is 0.500. The highest BCUT2D eigenvalue weighted by atomic mass is 16.5. The summed E-state index contributed by atoms with van der Waals surface area (Å²) in [6.45, 7) is 5.07. The van der Waals surface area contributed by atoms with Crippen LogP contribution in [-0.4, -0.2) is 19.8 Å². The van der Waals surface area contributed by atoms with Gasteiger partial charge in [-0.25, -0.2) is 0 Å². The SMILES string of the molecule is COCCC(C)Nc1ccc(C)cc1. The molecule has 1 unspecified atom stereocenters. The molecule has 0 heterocycles. The summed E-state index contributed by atoms with van der Waals surface area (Å²) < 4.78 is 5.03. The quantitative estimate of drug-likeness (QED) is 0.776. The van der Waals surface area contributed by atoms with E-state index in [4.69, 9.17) is 4.74 Å². The topological polar surface area (TPSA) is 21.3 Å². The minimum Gasteiger partial charge on any atom is -0.385 e. The van der Waals surface area contributed by atoms with Gasteiger partial charge in [-0.2, -0.15) is 0 Å². The highest BCUT2D eigenvalue weighted by molar-refractivity contribution is 5.44. The van der Waals surface area contributed by atoms with Crippen molar-refractivity contribution in [1.82, 2.24) is 0 Å². The molecule has 0 amide bonds. The van der Waals surface area contributed by atoms with Gasteiger partial charge in [0.1, 0.15) is 0 Å². The third-order valence-electron chi connectivity index (χ3n) is 2.22. The van der Waals surface area contributed by atoms with E-state index in [0.29, 0.717) is 6.04 Å². The Balaban J connectivity index is 2.39. The lowest BCUT2D eigenvalue weighted by molar-refractivity contribution is 0.191. The normalized spacial score (nSPS) is 12.5. The zero-order valence-corrected chi connectivity index (χ0v) is 9.21. The maximum absolute atomic E-state index is 5.03. The van der Waals surface area contributed by atoms with E-state index in [1.807, 2.05) is 0 Å². The average molecular weight is 193 g/mol. The van der Waals surface area contributed by atoms with E-state index in [9.17, 15) is 0 Å². The molecule has 2 heteroatoms. The van der Waals surface area contributed by atoms with Crippen molar-refractivity contribution in [2.75, 3.05) is 19.0 Å². The molecule has 0 aliphatic heterocycles. The fourth-order valence-electron chi connectivity index (χ4n) is 1.30. The van der Waals surface area contributed by atoms with Crippen LogP contribution in [0.5, 0.6) is 0 Å². The Labute approximate surface area is 86.3 Å². The minimum absolute atomic E-state index is 0.456. The van der Waals surface area contributed by atoms with Crippen LogP contribution in [0, 0.1) is 6.92 Å². The minimum atomic E-state index is 0.456. The van der Waals surface area contributed by atoms with Gasteiger partial charge in [0.25, 0.3) is 0 Å². The molecule has 78 valence electrons. The molecule has 0 bridgehead atoms. The van der Waals surface area contributed by atoms with Crippen molar-refractivity contribution < 1.29 is 4.74 Å². The van der Waals surface area contributed by atoms with Crippen LogP contribution in [0.2, 0.25) is 0 Å². The summed E-state index contributed by atoms with van der Waals surface area (Å²) in [5.41, 5.74) is 2.47. The van der Waals surface area contributed by atoms with Crippen LogP contribution in [0.15, 0.2) is 24.3 Å². The molecule has 1 aromatic carbocycles. The van der Waals surface area contributed by atoms with Crippen LogP contribution in [0.4, 0.5) is 5.69 Å². The van der Waals surface area contributed by atoms with Crippen LogP contribution in [0.25, 0.3) is 0 Å². The predicted molar refractivity (Wildman–Crippen MR) is 60.8 cm³/mol. The third kappa shape index (κ3) is 3.79. The number of benzene rings is 1. The van der Waals surface area contributed by atoms with Gasteiger partial charge >= 0.3 is 0 Å². The molecule has 0 saturated carbocycles. The Kier molecular flexibility index (Phi) is 4.47. The van der Waals surface area contributed by atoms with Crippen LogP contribution in [-0.2, 0) is 4.74 Å². The molecule has 2 nitrogen and oxygen atoms in total. The first-order chi connectivity index (χ1) is 6.72. The monoisotopic (exact) mass is 193 g/mol. The zero-order chi connectivity index (χ0) is 10.4. The van der Waals surface area contributed by atoms with Gasteiger partial charge in [-0.3, -0.25) is 0 Å².